The first-order chi connectivity index (χ1) is 8.43. The van der Waals surface area contributed by atoms with E-state index in [1.54, 1.807) is 18.2 Å². The molecule has 2 atom stereocenters. The topological polar surface area (TPSA) is 57.5 Å². The van der Waals surface area contributed by atoms with Crippen LogP contribution in [0.15, 0.2) is 18.2 Å². The quantitative estimate of drug-likeness (QED) is 0.877. The molecule has 1 aromatic rings. The second kappa shape index (κ2) is 7.36. The van der Waals surface area contributed by atoms with Gasteiger partial charge in [0.05, 0.1) is 16.1 Å². The van der Waals surface area contributed by atoms with Gasteiger partial charge < -0.3 is 10.2 Å². The van der Waals surface area contributed by atoms with E-state index in [9.17, 15) is 15.0 Å². The van der Waals surface area contributed by atoms with Gasteiger partial charge in [0.2, 0.25) is 0 Å². The molecule has 0 heterocycles. The van der Waals surface area contributed by atoms with Crippen LogP contribution in [-0.2, 0) is 4.79 Å². The molecule has 0 saturated heterocycles. The molecule has 6 heteroatoms. The molecule has 1 rings (SSSR count). The molecule has 100 valence electrons. The van der Waals surface area contributed by atoms with Crippen molar-refractivity contribution < 1.29 is 15.0 Å². The molecule has 0 saturated carbocycles. The number of hydrogen-bond donors (Lipinski definition) is 2. The van der Waals surface area contributed by atoms with Crippen molar-refractivity contribution >= 4 is 40.1 Å². The molecule has 0 fully saturated rings. The Balaban J connectivity index is 2.65. The van der Waals surface area contributed by atoms with E-state index in [4.69, 9.17) is 23.2 Å². The number of rotatable bonds is 5. The normalized spacial score (nSPS) is 14.3. The van der Waals surface area contributed by atoms with Crippen LogP contribution < -0.4 is 0 Å². The predicted molar refractivity (Wildman–Crippen MR) is 75.2 cm³/mol. The molecule has 18 heavy (non-hydrogen) atoms. The molecule has 0 aliphatic heterocycles. The summed E-state index contributed by atoms with van der Waals surface area (Å²) in [6, 6.07) is 4.88. The fourth-order valence-corrected chi connectivity index (χ4v) is 2.50. The zero-order chi connectivity index (χ0) is 13.7. The second-order valence-electron chi connectivity index (χ2n) is 3.78. The first kappa shape index (κ1) is 15.8. The van der Waals surface area contributed by atoms with Gasteiger partial charge >= 0.3 is 0 Å². The molecular weight excluding hydrogens is 295 g/mol. The van der Waals surface area contributed by atoms with Crippen molar-refractivity contribution in [3.63, 3.8) is 0 Å². The number of carbonyl (C=O) groups is 1. The lowest BCUT2D eigenvalue weighted by atomic mass is 10.0. The highest BCUT2D eigenvalue weighted by Gasteiger charge is 2.21. The number of aliphatic hydroxyl groups excluding tert-OH is 2. The largest absolute Gasteiger partial charge is 0.390 e. The fourth-order valence-electron chi connectivity index (χ4n) is 1.44. The highest BCUT2D eigenvalue weighted by molar-refractivity contribution is 8.13. The van der Waals surface area contributed by atoms with Crippen molar-refractivity contribution in [1.82, 2.24) is 0 Å². The third-order valence-corrected chi connectivity index (χ3v) is 4.06. The van der Waals surface area contributed by atoms with Gasteiger partial charge in [-0.3, -0.25) is 4.79 Å². The van der Waals surface area contributed by atoms with Gasteiger partial charge in [-0.25, -0.2) is 0 Å². The van der Waals surface area contributed by atoms with Gasteiger partial charge in [-0.2, -0.15) is 0 Å². The Morgan fingerprint density at radius 3 is 2.67 bits per heavy atom. The molecule has 0 aliphatic carbocycles. The van der Waals surface area contributed by atoms with E-state index < -0.39 is 12.2 Å². The van der Waals surface area contributed by atoms with Crippen LogP contribution in [0.4, 0.5) is 0 Å². The lowest BCUT2D eigenvalue weighted by Crippen LogP contribution is -2.19. The molecule has 0 radical (unpaired) electrons. The summed E-state index contributed by atoms with van der Waals surface area (Å²) in [5, 5.41) is 20.4. The Labute approximate surface area is 120 Å². The molecule has 0 aliphatic rings. The predicted octanol–water partition coefficient (Wildman–Crippen LogP) is 3.06. The molecule has 0 aromatic heterocycles. The summed E-state index contributed by atoms with van der Waals surface area (Å²) in [5.41, 5.74) is 0.393. The molecule has 0 bridgehead atoms. The summed E-state index contributed by atoms with van der Waals surface area (Å²) in [6.45, 7) is 1.46. The smallest absolute Gasteiger partial charge is 0.185 e. The first-order valence-corrected chi connectivity index (χ1v) is 7.11. The van der Waals surface area contributed by atoms with Crippen LogP contribution in [-0.4, -0.2) is 27.2 Å². The van der Waals surface area contributed by atoms with Crippen LogP contribution in [0.5, 0.6) is 0 Å². The van der Waals surface area contributed by atoms with Crippen molar-refractivity contribution in [3.05, 3.63) is 33.8 Å². The fraction of sp³-hybridized carbons (Fsp3) is 0.417. The maximum atomic E-state index is 10.7. The van der Waals surface area contributed by atoms with Gasteiger partial charge in [-0.1, -0.05) is 47.1 Å². The third kappa shape index (κ3) is 4.44. The molecule has 3 nitrogen and oxygen atoms in total. The minimum absolute atomic E-state index is 0.0162. The van der Waals surface area contributed by atoms with Gasteiger partial charge in [0.15, 0.2) is 5.12 Å². The average molecular weight is 309 g/mol. The summed E-state index contributed by atoms with van der Waals surface area (Å²) < 4.78 is 0. The van der Waals surface area contributed by atoms with Crippen LogP contribution in [0.1, 0.15) is 25.0 Å². The summed E-state index contributed by atoms with van der Waals surface area (Å²) in [7, 11) is 0. The minimum Gasteiger partial charge on any atom is -0.390 e. The summed E-state index contributed by atoms with van der Waals surface area (Å²) in [6.07, 6.45) is -1.79. The molecule has 2 N–H and O–H groups in total. The Bertz CT molecular complexity index is 426. The van der Waals surface area contributed by atoms with Crippen LogP contribution in [0.2, 0.25) is 10.0 Å². The molecule has 2 unspecified atom stereocenters. The van der Waals surface area contributed by atoms with Crippen LogP contribution in [0.25, 0.3) is 0 Å². The number of aliphatic hydroxyl groups is 2. The maximum Gasteiger partial charge on any atom is 0.185 e. The number of thioether (sulfide) groups is 1. The Kier molecular flexibility index (Phi) is 6.46. The van der Waals surface area contributed by atoms with Gasteiger partial charge in [-0.15, -0.1) is 0 Å². The first-order valence-electron chi connectivity index (χ1n) is 5.37. The number of carbonyl (C=O) groups excluding carboxylic acids is 1. The van der Waals surface area contributed by atoms with Gasteiger partial charge in [0.1, 0.15) is 6.10 Å². The van der Waals surface area contributed by atoms with Gasteiger partial charge in [0, 0.05) is 18.2 Å². The molecule has 0 amide bonds. The van der Waals surface area contributed by atoms with Crippen molar-refractivity contribution in [2.75, 3.05) is 5.75 Å². The number of halogens is 2. The number of hydrogen-bond acceptors (Lipinski definition) is 4. The summed E-state index contributed by atoms with van der Waals surface area (Å²) in [5.74, 6) is 0.450. The van der Waals surface area contributed by atoms with Gasteiger partial charge in [0.25, 0.3) is 0 Å². The van der Waals surface area contributed by atoms with E-state index in [2.05, 4.69) is 0 Å². The van der Waals surface area contributed by atoms with E-state index in [1.807, 2.05) is 0 Å². The van der Waals surface area contributed by atoms with E-state index in [0.29, 0.717) is 22.8 Å². The van der Waals surface area contributed by atoms with Crippen molar-refractivity contribution in [3.8, 4) is 0 Å². The van der Waals surface area contributed by atoms with Crippen LogP contribution in [0.3, 0.4) is 0 Å². The maximum absolute atomic E-state index is 10.7. The Hall–Kier alpha value is -0.260. The summed E-state index contributed by atoms with van der Waals surface area (Å²) >= 11 is 12.9. The Morgan fingerprint density at radius 2 is 2.06 bits per heavy atom. The van der Waals surface area contributed by atoms with Crippen LogP contribution >= 0.6 is 35.0 Å². The molecule has 0 spiro atoms. The Morgan fingerprint density at radius 1 is 1.39 bits per heavy atom. The van der Waals surface area contributed by atoms with Crippen molar-refractivity contribution in [2.45, 2.75) is 25.6 Å². The number of benzene rings is 1. The van der Waals surface area contributed by atoms with E-state index in [1.165, 1.54) is 6.92 Å². The van der Waals surface area contributed by atoms with E-state index in [-0.39, 0.29) is 10.1 Å². The molecular formula is C12H14Cl2O3S. The monoisotopic (exact) mass is 308 g/mol. The standard InChI is InChI=1S/C12H14Cl2O3S/c1-7(15)18-6-5-10(16)12(17)8-3-2-4-9(13)11(8)14/h2-4,10,12,16-17H,5-6H2,1H3. The third-order valence-electron chi connectivity index (χ3n) is 2.38. The highest BCUT2D eigenvalue weighted by Crippen LogP contribution is 2.32. The van der Waals surface area contributed by atoms with E-state index in [0.717, 1.165) is 11.8 Å². The minimum atomic E-state index is -1.11. The van der Waals surface area contributed by atoms with E-state index >= 15 is 0 Å². The SMILES string of the molecule is CC(=O)SCCC(O)C(O)c1cccc(Cl)c1Cl. The lowest BCUT2D eigenvalue weighted by Gasteiger charge is -2.19. The second-order valence-corrected chi connectivity index (χ2v) is 5.84. The van der Waals surface area contributed by atoms with Crippen molar-refractivity contribution in [2.24, 2.45) is 0 Å². The van der Waals surface area contributed by atoms with Gasteiger partial charge in [-0.05, 0) is 12.5 Å². The average Bonchev–Trinajstić information content (AvgIpc) is 2.31. The molecule has 1 aromatic carbocycles. The lowest BCUT2D eigenvalue weighted by molar-refractivity contribution is -0.109. The van der Waals surface area contributed by atoms with Crippen molar-refractivity contribution in [1.29, 1.82) is 0 Å². The zero-order valence-electron chi connectivity index (χ0n) is 9.77. The zero-order valence-corrected chi connectivity index (χ0v) is 12.1. The highest BCUT2D eigenvalue weighted by atomic mass is 35.5. The summed E-state index contributed by atoms with van der Waals surface area (Å²) in [4.78, 5) is 10.7. The van der Waals surface area contributed by atoms with Crippen LogP contribution in [0, 0.1) is 0 Å².